The van der Waals surface area contributed by atoms with Gasteiger partial charge in [-0.25, -0.2) is 0 Å². The Morgan fingerprint density at radius 1 is 1.00 bits per heavy atom. The monoisotopic (exact) mass is 281 g/mol. The maximum absolute atomic E-state index is 6.07. The number of hydrogen-bond acceptors (Lipinski definition) is 2. The third-order valence-corrected chi connectivity index (χ3v) is 4.14. The highest BCUT2D eigenvalue weighted by atomic mass is 16.5. The van der Waals surface area contributed by atoms with Crippen molar-refractivity contribution in [3.63, 3.8) is 0 Å². The van der Waals surface area contributed by atoms with Gasteiger partial charge in [0.1, 0.15) is 6.23 Å². The predicted octanol–water partition coefficient (Wildman–Crippen LogP) is 4.39. The van der Waals surface area contributed by atoms with Crippen LogP contribution in [0, 0.1) is 0 Å². The van der Waals surface area contributed by atoms with Crippen molar-refractivity contribution in [2.45, 2.75) is 38.6 Å². The third-order valence-electron chi connectivity index (χ3n) is 4.14. The quantitative estimate of drug-likeness (QED) is 0.806. The van der Waals surface area contributed by atoms with Crippen LogP contribution in [0.1, 0.15) is 36.9 Å². The molecule has 2 aromatic carbocycles. The van der Waals surface area contributed by atoms with Crippen molar-refractivity contribution >= 4 is 0 Å². The summed E-state index contributed by atoms with van der Waals surface area (Å²) in [5.74, 6) is 0. The van der Waals surface area contributed by atoms with E-state index in [1.165, 1.54) is 11.1 Å². The lowest BCUT2D eigenvalue weighted by Crippen LogP contribution is -2.31. The Kier molecular flexibility index (Phi) is 4.69. The zero-order valence-corrected chi connectivity index (χ0v) is 12.6. The van der Waals surface area contributed by atoms with E-state index in [2.05, 4.69) is 72.5 Å². The molecule has 0 spiro atoms. The van der Waals surface area contributed by atoms with E-state index in [1.54, 1.807) is 0 Å². The smallest absolute Gasteiger partial charge is 0.111 e. The highest BCUT2D eigenvalue weighted by Crippen LogP contribution is 2.33. The minimum absolute atomic E-state index is 0.236. The first-order chi connectivity index (χ1) is 10.4. The Hall–Kier alpha value is -1.64. The maximum Gasteiger partial charge on any atom is 0.111 e. The van der Waals surface area contributed by atoms with Crippen LogP contribution < -0.4 is 0 Å². The van der Waals surface area contributed by atoms with Crippen LogP contribution in [-0.2, 0) is 11.3 Å². The Labute approximate surface area is 127 Å². The molecule has 0 saturated carbocycles. The first kappa shape index (κ1) is 14.3. The molecule has 1 aliphatic rings. The van der Waals surface area contributed by atoms with Gasteiger partial charge in [0.05, 0.1) is 12.6 Å². The number of benzene rings is 2. The normalized spacial score (nSPS) is 22.5. The lowest BCUT2D eigenvalue weighted by Gasteiger charge is -2.28. The molecule has 3 rings (SSSR count). The second-order valence-corrected chi connectivity index (χ2v) is 5.66. The van der Waals surface area contributed by atoms with Crippen LogP contribution >= 0.6 is 0 Å². The highest BCUT2D eigenvalue weighted by molar-refractivity contribution is 5.21. The van der Waals surface area contributed by atoms with Crippen LogP contribution in [0.4, 0.5) is 0 Å². The maximum atomic E-state index is 6.07. The van der Waals surface area contributed by atoms with Gasteiger partial charge in [0, 0.05) is 6.54 Å². The summed E-state index contributed by atoms with van der Waals surface area (Å²) in [5, 5.41) is 0. The van der Waals surface area contributed by atoms with Gasteiger partial charge in [-0.2, -0.15) is 0 Å². The van der Waals surface area contributed by atoms with Gasteiger partial charge in [0.25, 0.3) is 0 Å². The van der Waals surface area contributed by atoms with Gasteiger partial charge in [0.2, 0.25) is 0 Å². The zero-order chi connectivity index (χ0) is 14.5. The minimum atomic E-state index is 0.236. The van der Waals surface area contributed by atoms with Crippen LogP contribution in [0.15, 0.2) is 60.7 Å². The van der Waals surface area contributed by atoms with E-state index in [-0.39, 0.29) is 6.23 Å². The third kappa shape index (κ3) is 3.34. The summed E-state index contributed by atoms with van der Waals surface area (Å²) in [5.41, 5.74) is 2.71. The van der Waals surface area contributed by atoms with Crippen LogP contribution in [0.3, 0.4) is 0 Å². The van der Waals surface area contributed by atoms with Gasteiger partial charge in [0.15, 0.2) is 0 Å². The molecular formula is C19H23NO. The van der Waals surface area contributed by atoms with E-state index in [9.17, 15) is 0 Å². The zero-order valence-electron chi connectivity index (χ0n) is 12.6. The highest BCUT2D eigenvalue weighted by Gasteiger charge is 2.34. The molecule has 21 heavy (non-hydrogen) atoms. The molecule has 0 amide bonds. The largest absolute Gasteiger partial charge is 0.361 e. The summed E-state index contributed by atoms with van der Waals surface area (Å²) in [6.45, 7) is 3.96. The van der Waals surface area contributed by atoms with Crippen LogP contribution in [0.2, 0.25) is 0 Å². The van der Waals surface area contributed by atoms with E-state index in [0.29, 0.717) is 6.04 Å². The van der Waals surface area contributed by atoms with Crippen molar-refractivity contribution in [1.82, 2.24) is 4.90 Å². The fraction of sp³-hybridized carbons (Fsp3) is 0.368. The lowest BCUT2D eigenvalue weighted by atomic mass is 10.1. The summed E-state index contributed by atoms with van der Waals surface area (Å²) in [4.78, 5) is 2.51. The Morgan fingerprint density at radius 3 is 2.33 bits per heavy atom. The molecule has 0 bridgehead atoms. The van der Waals surface area contributed by atoms with Gasteiger partial charge in [-0.05, 0) is 17.5 Å². The van der Waals surface area contributed by atoms with E-state index < -0.39 is 0 Å². The summed E-state index contributed by atoms with van der Waals surface area (Å²) < 4.78 is 6.07. The lowest BCUT2D eigenvalue weighted by molar-refractivity contribution is 0.0190. The van der Waals surface area contributed by atoms with E-state index >= 15 is 0 Å². The predicted molar refractivity (Wildman–Crippen MR) is 85.8 cm³/mol. The van der Waals surface area contributed by atoms with Crippen molar-refractivity contribution in [1.29, 1.82) is 0 Å². The molecule has 1 heterocycles. The molecule has 0 aromatic heterocycles. The number of nitrogens with zero attached hydrogens (tertiary/aromatic N) is 1. The number of ether oxygens (including phenoxy) is 1. The Morgan fingerprint density at radius 2 is 1.67 bits per heavy atom. The van der Waals surface area contributed by atoms with Crippen molar-refractivity contribution < 1.29 is 4.74 Å². The van der Waals surface area contributed by atoms with Crippen LogP contribution in [0.5, 0.6) is 0 Å². The molecule has 110 valence electrons. The molecule has 2 heteroatoms. The Balaban J connectivity index is 1.82. The van der Waals surface area contributed by atoms with E-state index in [4.69, 9.17) is 4.74 Å². The first-order valence-electron chi connectivity index (χ1n) is 7.84. The molecular weight excluding hydrogens is 258 g/mol. The second kappa shape index (κ2) is 6.88. The topological polar surface area (TPSA) is 12.5 Å². The molecule has 0 radical (unpaired) electrons. The fourth-order valence-corrected chi connectivity index (χ4v) is 3.06. The summed E-state index contributed by atoms with van der Waals surface area (Å²) in [6.07, 6.45) is 2.48. The van der Waals surface area contributed by atoms with Gasteiger partial charge >= 0.3 is 0 Å². The van der Waals surface area contributed by atoms with Gasteiger partial charge in [-0.1, -0.05) is 74.0 Å². The average molecular weight is 281 g/mol. The standard InChI is InChI=1S/C19H23NO/c1-2-9-19-20(14-16-10-5-3-6-11-16)18(15-21-19)17-12-7-4-8-13-17/h3-8,10-13,18-19H,2,9,14-15H2,1H3/t18-,19+/m0/s1. The molecule has 2 atom stereocenters. The summed E-state index contributed by atoms with van der Waals surface area (Å²) in [7, 11) is 0. The van der Waals surface area contributed by atoms with Crippen LogP contribution in [0.25, 0.3) is 0 Å². The Bertz CT molecular complexity index is 540. The van der Waals surface area contributed by atoms with Crippen molar-refractivity contribution in [3.05, 3.63) is 71.8 Å². The molecule has 2 aromatic rings. The average Bonchev–Trinajstić information content (AvgIpc) is 2.92. The van der Waals surface area contributed by atoms with E-state index in [1.807, 2.05) is 0 Å². The van der Waals surface area contributed by atoms with Crippen molar-refractivity contribution in [3.8, 4) is 0 Å². The minimum Gasteiger partial charge on any atom is -0.361 e. The van der Waals surface area contributed by atoms with Crippen LogP contribution in [-0.4, -0.2) is 17.7 Å². The molecule has 1 saturated heterocycles. The summed E-state index contributed by atoms with van der Waals surface area (Å²) >= 11 is 0. The second-order valence-electron chi connectivity index (χ2n) is 5.66. The molecule has 0 N–H and O–H groups in total. The fourth-order valence-electron chi connectivity index (χ4n) is 3.06. The van der Waals surface area contributed by atoms with Gasteiger partial charge < -0.3 is 4.74 Å². The summed E-state index contributed by atoms with van der Waals surface area (Å²) in [6, 6.07) is 21.8. The molecule has 1 fully saturated rings. The van der Waals surface area contributed by atoms with Gasteiger partial charge in [-0.3, -0.25) is 4.90 Å². The first-order valence-corrected chi connectivity index (χ1v) is 7.84. The number of rotatable bonds is 5. The van der Waals surface area contributed by atoms with E-state index in [0.717, 1.165) is 26.0 Å². The van der Waals surface area contributed by atoms with Crippen molar-refractivity contribution in [2.24, 2.45) is 0 Å². The molecule has 0 aliphatic carbocycles. The van der Waals surface area contributed by atoms with Crippen molar-refractivity contribution in [2.75, 3.05) is 6.61 Å². The SMILES string of the molecule is CCC[C@H]1OC[C@@H](c2ccccc2)N1Cc1ccccc1. The molecule has 0 unspecified atom stereocenters. The molecule has 1 aliphatic heterocycles. The van der Waals surface area contributed by atoms with Gasteiger partial charge in [-0.15, -0.1) is 0 Å². The number of hydrogen-bond donors (Lipinski definition) is 0. The molecule has 2 nitrogen and oxygen atoms in total.